The van der Waals surface area contributed by atoms with Crippen LogP contribution in [0.3, 0.4) is 0 Å². The minimum absolute atomic E-state index is 0.390. The molecule has 3 aliphatic carbocycles. The lowest BCUT2D eigenvalue weighted by Crippen LogP contribution is -2.39. The molecule has 0 heterocycles. The molecular formula is C16H18Cl2O. The van der Waals surface area contributed by atoms with Crippen LogP contribution in [0.5, 0.6) is 0 Å². The number of fused-ring (bicyclic) bond motifs is 5. The SMILES string of the molecule is OC1(c2cc(Cl)ccc2Cl)CC2CC1C1CCCC21. The Labute approximate surface area is 123 Å². The predicted molar refractivity (Wildman–Crippen MR) is 77.4 cm³/mol. The summed E-state index contributed by atoms with van der Waals surface area (Å²) in [7, 11) is 0. The van der Waals surface area contributed by atoms with Gasteiger partial charge in [-0.15, -0.1) is 0 Å². The highest BCUT2D eigenvalue weighted by Gasteiger charge is 2.61. The maximum absolute atomic E-state index is 11.3. The van der Waals surface area contributed by atoms with Crippen molar-refractivity contribution in [2.24, 2.45) is 23.7 Å². The average molecular weight is 297 g/mol. The molecule has 0 amide bonds. The van der Waals surface area contributed by atoms with E-state index in [0.717, 1.165) is 17.9 Å². The zero-order valence-electron chi connectivity index (χ0n) is 10.8. The van der Waals surface area contributed by atoms with Crippen LogP contribution < -0.4 is 0 Å². The first-order valence-electron chi connectivity index (χ1n) is 7.27. The Balaban J connectivity index is 1.77. The van der Waals surface area contributed by atoms with E-state index in [1.54, 1.807) is 6.07 Å². The summed E-state index contributed by atoms with van der Waals surface area (Å²) in [5.74, 6) is 2.65. The number of hydrogen-bond donors (Lipinski definition) is 1. The second-order valence-electron chi connectivity index (χ2n) is 6.61. The van der Waals surface area contributed by atoms with Crippen LogP contribution in [-0.4, -0.2) is 5.11 Å². The lowest BCUT2D eigenvalue weighted by Gasteiger charge is -2.39. The molecule has 0 spiro atoms. The van der Waals surface area contributed by atoms with Gasteiger partial charge in [0.25, 0.3) is 0 Å². The third kappa shape index (κ3) is 1.65. The maximum atomic E-state index is 11.3. The fourth-order valence-corrected chi connectivity index (χ4v) is 5.71. The van der Waals surface area contributed by atoms with Crippen molar-refractivity contribution in [2.45, 2.75) is 37.7 Å². The molecule has 1 aromatic carbocycles. The van der Waals surface area contributed by atoms with E-state index >= 15 is 0 Å². The van der Waals surface area contributed by atoms with Gasteiger partial charge in [-0.3, -0.25) is 0 Å². The molecule has 4 rings (SSSR count). The molecule has 0 aromatic heterocycles. The van der Waals surface area contributed by atoms with Crippen LogP contribution in [0.1, 0.15) is 37.7 Å². The summed E-state index contributed by atoms with van der Waals surface area (Å²) in [6, 6.07) is 5.48. The average Bonchev–Trinajstić information content (AvgIpc) is 3.02. The standard InChI is InChI=1S/C16H18Cl2O/c17-10-4-5-15(18)14(7-10)16(19)8-9-6-13(16)12-3-1-2-11(9)12/h4-5,7,9,11-13,19H,1-3,6,8H2. The highest BCUT2D eigenvalue weighted by Crippen LogP contribution is 2.65. The second-order valence-corrected chi connectivity index (χ2v) is 7.46. The Morgan fingerprint density at radius 1 is 1.16 bits per heavy atom. The molecule has 0 saturated heterocycles. The Bertz CT molecular complexity index is 529. The zero-order chi connectivity index (χ0) is 13.2. The van der Waals surface area contributed by atoms with E-state index in [2.05, 4.69) is 0 Å². The van der Waals surface area contributed by atoms with Gasteiger partial charge < -0.3 is 5.11 Å². The molecule has 1 aromatic rings. The van der Waals surface area contributed by atoms with Gasteiger partial charge in [0, 0.05) is 15.6 Å². The second kappa shape index (κ2) is 4.13. The summed E-state index contributed by atoms with van der Waals surface area (Å²) in [6.07, 6.45) is 6.03. The van der Waals surface area contributed by atoms with Crippen LogP contribution in [-0.2, 0) is 5.60 Å². The Morgan fingerprint density at radius 2 is 1.95 bits per heavy atom. The molecule has 19 heavy (non-hydrogen) atoms. The van der Waals surface area contributed by atoms with Gasteiger partial charge in [-0.25, -0.2) is 0 Å². The first kappa shape index (κ1) is 12.5. The Kier molecular flexibility index (Phi) is 2.72. The summed E-state index contributed by atoms with van der Waals surface area (Å²) in [4.78, 5) is 0. The summed E-state index contributed by atoms with van der Waals surface area (Å²) in [5, 5.41) is 12.6. The van der Waals surface area contributed by atoms with E-state index in [1.165, 1.54) is 25.7 Å². The molecule has 0 aliphatic heterocycles. The summed E-state index contributed by atoms with van der Waals surface area (Å²) in [5.41, 5.74) is 0.123. The van der Waals surface area contributed by atoms with Gasteiger partial charge in [-0.1, -0.05) is 29.6 Å². The van der Waals surface area contributed by atoms with Gasteiger partial charge in [-0.05, 0) is 67.6 Å². The predicted octanol–water partition coefficient (Wildman–Crippen LogP) is 4.64. The molecule has 1 N–H and O–H groups in total. The van der Waals surface area contributed by atoms with E-state index in [4.69, 9.17) is 23.2 Å². The van der Waals surface area contributed by atoms with Crippen molar-refractivity contribution in [3.8, 4) is 0 Å². The number of halogens is 2. The van der Waals surface area contributed by atoms with Crippen LogP contribution in [0.2, 0.25) is 10.0 Å². The largest absolute Gasteiger partial charge is 0.385 e. The summed E-state index contributed by atoms with van der Waals surface area (Å²) < 4.78 is 0. The van der Waals surface area contributed by atoms with Gasteiger partial charge >= 0.3 is 0 Å². The van der Waals surface area contributed by atoms with Crippen LogP contribution in [0.4, 0.5) is 0 Å². The molecule has 3 aliphatic rings. The van der Waals surface area contributed by atoms with Gasteiger partial charge in [-0.2, -0.15) is 0 Å². The lowest BCUT2D eigenvalue weighted by molar-refractivity contribution is -0.0511. The third-order valence-corrected chi connectivity index (χ3v) is 6.45. The molecule has 0 radical (unpaired) electrons. The maximum Gasteiger partial charge on any atom is 0.0945 e. The molecule has 102 valence electrons. The van der Waals surface area contributed by atoms with E-state index in [0.29, 0.717) is 27.8 Å². The lowest BCUT2D eigenvalue weighted by atomic mass is 9.70. The first-order valence-corrected chi connectivity index (χ1v) is 8.03. The molecule has 5 atom stereocenters. The molecule has 5 unspecified atom stereocenters. The van der Waals surface area contributed by atoms with E-state index in [9.17, 15) is 5.11 Å². The first-order chi connectivity index (χ1) is 9.09. The minimum atomic E-state index is -0.738. The number of hydrogen-bond acceptors (Lipinski definition) is 1. The summed E-state index contributed by atoms with van der Waals surface area (Å²) >= 11 is 12.4. The zero-order valence-corrected chi connectivity index (χ0v) is 12.3. The highest BCUT2D eigenvalue weighted by atomic mass is 35.5. The van der Waals surface area contributed by atoms with Crippen molar-refractivity contribution in [1.82, 2.24) is 0 Å². The highest BCUT2D eigenvalue weighted by molar-refractivity contribution is 6.33. The van der Waals surface area contributed by atoms with Gasteiger partial charge in [0.15, 0.2) is 0 Å². The van der Waals surface area contributed by atoms with Gasteiger partial charge in [0.1, 0.15) is 0 Å². The van der Waals surface area contributed by atoms with E-state index in [1.807, 2.05) is 12.1 Å². The molecule has 2 bridgehead atoms. The molecule has 3 fully saturated rings. The molecule has 3 saturated carbocycles. The Hall–Kier alpha value is -0.240. The van der Waals surface area contributed by atoms with E-state index < -0.39 is 5.60 Å². The van der Waals surface area contributed by atoms with Crippen LogP contribution in [0.25, 0.3) is 0 Å². The molecular weight excluding hydrogens is 279 g/mol. The fourth-order valence-electron chi connectivity index (χ4n) is 5.25. The van der Waals surface area contributed by atoms with Crippen molar-refractivity contribution < 1.29 is 5.11 Å². The van der Waals surface area contributed by atoms with Crippen molar-refractivity contribution >= 4 is 23.2 Å². The number of aliphatic hydroxyl groups is 1. The van der Waals surface area contributed by atoms with Crippen molar-refractivity contribution in [1.29, 1.82) is 0 Å². The fraction of sp³-hybridized carbons (Fsp3) is 0.625. The van der Waals surface area contributed by atoms with E-state index in [-0.39, 0.29) is 0 Å². The monoisotopic (exact) mass is 296 g/mol. The Morgan fingerprint density at radius 3 is 2.79 bits per heavy atom. The minimum Gasteiger partial charge on any atom is -0.385 e. The van der Waals surface area contributed by atoms with Crippen LogP contribution in [0, 0.1) is 23.7 Å². The van der Waals surface area contributed by atoms with Gasteiger partial charge in [0.2, 0.25) is 0 Å². The van der Waals surface area contributed by atoms with Gasteiger partial charge in [0.05, 0.1) is 5.60 Å². The van der Waals surface area contributed by atoms with Crippen molar-refractivity contribution in [2.75, 3.05) is 0 Å². The van der Waals surface area contributed by atoms with Crippen molar-refractivity contribution in [3.63, 3.8) is 0 Å². The summed E-state index contributed by atoms with van der Waals surface area (Å²) in [6.45, 7) is 0. The normalized spacial score (nSPS) is 43.7. The topological polar surface area (TPSA) is 20.2 Å². The molecule has 3 heteroatoms. The van der Waals surface area contributed by atoms with Crippen molar-refractivity contribution in [3.05, 3.63) is 33.8 Å². The molecule has 1 nitrogen and oxygen atoms in total. The van der Waals surface area contributed by atoms with Crippen LogP contribution >= 0.6 is 23.2 Å². The van der Waals surface area contributed by atoms with Crippen LogP contribution in [0.15, 0.2) is 18.2 Å². The number of benzene rings is 1. The third-order valence-electron chi connectivity index (χ3n) is 5.89. The quantitative estimate of drug-likeness (QED) is 0.801. The smallest absolute Gasteiger partial charge is 0.0945 e. The number of rotatable bonds is 1.